The predicted octanol–water partition coefficient (Wildman–Crippen LogP) is 4.19. The first-order valence-electron chi connectivity index (χ1n) is 6.32. The Morgan fingerprint density at radius 3 is 2.78 bits per heavy atom. The van der Waals surface area contributed by atoms with Crippen LogP contribution in [0.15, 0.2) is 36.4 Å². The number of carbonyl (C=O) groups is 1. The van der Waals surface area contributed by atoms with E-state index < -0.39 is 0 Å². The fourth-order valence-corrected chi connectivity index (χ4v) is 1.94. The van der Waals surface area contributed by atoms with Gasteiger partial charge in [0.25, 0.3) is 0 Å². The molecular formula is C17H16O. The summed E-state index contributed by atoms with van der Waals surface area (Å²) in [4.78, 5) is 11.1. The number of fused-ring (bicyclic) bond motifs is 1. The Morgan fingerprint density at radius 1 is 1.17 bits per heavy atom. The molecule has 90 valence electrons. The van der Waals surface area contributed by atoms with Gasteiger partial charge in [-0.3, -0.25) is 4.79 Å². The fraction of sp³-hybridized carbons (Fsp3) is 0.235. The maximum absolute atomic E-state index is 11.1. The van der Waals surface area contributed by atoms with E-state index in [0.29, 0.717) is 5.56 Å². The minimum absolute atomic E-state index is 0.678. The highest BCUT2D eigenvalue weighted by atomic mass is 16.1. The molecule has 0 bridgehead atoms. The molecule has 0 fully saturated rings. The van der Waals surface area contributed by atoms with Crippen LogP contribution in [0.3, 0.4) is 0 Å². The summed E-state index contributed by atoms with van der Waals surface area (Å²) in [7, 11) is 0. The van der Waals surface area contributed by atoms with E-state index in [1.165, 1.54) is 0 Å². The van der Waals surface area contributed by atoms with Crippen molar-refractivity contribution in [3.8, 4) is 11.8 Å². The van der Waals surface area contributed by atoms with Gasteiger partial charge in [0.05, 0.1) is 0 Å². The Morgan fingerprint density at radius 2 is 2.00 bits per heavy atom. The molecular weight excluding hydrogens is 220 g/mol. The Labute approximate surface area is 108 Å². The highest BCUT2D eigenvalue weighted by Gasteiger charge is 2.03. The number of carbonyl (C=O) groups excluding carboxylic acids is 1. The summed E-state index contributed by atoms with van der Waals surface area (Å²) in [5, 5.41) is 2.19. The van der Waals surface area contributed by atoms with Crippen molar-refractivity contribution in [3.05, 3.63) is 47.5 Å². The topological polar surface area (TPSA) is 17.1 Å². The van der Waals surface area contributed by atoms with E-state index in [-0.39, 0.29) is 0 Å². The van der Waals surface area contributed by atoms with Gasteiger partial charge in [-0.05, 0) is 23.3 Å². The summed E-state index contributed by atoms with van der Waals surface area (Å²) < 4.78 is 0. The zero-order chi connectivity index (χ0) is 12.8. The summed E-state index contributed by atoms with van der Waals surface area (Å²) in [5.74, 6) is 6.32. The van der Waals surface area contributed by atoms with Crippen molar-refractivity contribution in [1.82, 2.24) is 0 Å². The van der Waals surface area contributed by atoms with Crippen LogP contribution in [0.4, 0.5) is 0 Å². The fourth-order valence-electron chi connectivity index (χ4n) is 1.94. The van der Waals surface area contributed by atoms with Gasteiger partial charge >= 0.3 is 0 Å². The number of benzene rings is 2. The number of rotatable bonds is 3. The van der Waals surface area contributed by atoms with Crippen LogP contribution in [0, 0.1) is 11.8 Å². The van der Waals surface area contributed by atoms with Crippen LogP contribution < -0.4 is 0 Å². The van der Waals surface area contributed by atoms with E-state index >= 15 is 0 Å². The molecule has 0 amide bonds. The molecule has 0 aliphatic rings. The van der Waals surface area contributed by atoms with Gasteiger partial charge in [-0.15, -0.1) is 0 Å². The molecule has 0 saturated heterocycles. The Kier molecular flexibility index (Phi) is 4.15. The molecule has 0 atom stereocenters. The molecule has 0 aromatic heterocycles. The van der Waals surface area contributed by atoms with Crippen molar-refractivity contribution in [1.29, 1.82) is 0 Å². The quantitative estimate of drug-likeness (QED) is 0.443. The first-order valence-corrected chi connectivity index (χ1v) is 6.32. The van der Waals surface area contributed by atoms with Crippen molar-refractivity contribution >= 4 is 17.1 Å². The SMILES string of the molecule is CCCCC#Cc1c(C=O)ccc2ccccc12. The monoisotopic (exact) mass is 236 g/mol. The molecule has 2 aromatic carbocycles. The normalized spacial score (nSPS) is 9.83. The minimum Gasteiger partial charge on any atom is -0.298 e. The second-order valence-electron chi connectivity index (χ2n) is 4.27. The van der Waals surface area contributed by atoms with E-state index in [2.05, 4.69) is 18.8 Å². The average Bonchev–Trinajstić information content (AvgIpc) is 2.43. The van der Waals surface area contributed by atoms with Crippen molar-refractivity contribution in [2.24, 2.45) is 0 Å². The molecule has 0 heterocycles. The summed E-state index contributed by atoms with van der Waals surface area (Å²) in [5.41, 5.74) is 1.54. The summed E-state index contributed by atoms with van der Waals surface area (Å²) in [6, 6.07) is 11.9. The number of aldehydes is 1. The standard InChI is InChI=1S/C17H16O/c1-2-3-4-5-9-17-15(13-18)12-11-14-8-6-7-10-16(14)17/h6-8,10-13H,2-4H2,1H3. The van der Waals surface area contributed by atoms with Crippen molar-refractivity contribution < 1.29 is 4.79 Å². The summed E-state index contributed by atoms with van der Waals surface area (Å²) in [6.45, 7) is 2.15. The van der Waals surface area contributed by atoms with Crippen LogP contribution in [0.1, 0.15) is 42.1 Å². The van der Waals surface area contributed by atoms with E-state index in [1.807, 2.05) is 36.4 Å². The molecule has 0 N–H and O–H groups in total. The van der Waals surface area contributed by atoms with Crippen LogP contribution >= 0.6 is 0 Å². The third-order valence-corrected chi connectivity index (χ3v) is 2.96. The lowest BCUT2D eigenvalue weighted by Gasteiger charge is -2.03. The molecule has 2 aromatic rings. The lowest BCUT2D eigenvalue weighted by atomic mass is 10.00. The van der Waals surface area contributed by atoms with Crippen molar-refractivity contribution in [3.63, 3.8) is 0 Å². The van der Waals surface area contributed by atoms with Gasteiger partial charge in [0.1, 0.15) is 0 Å². The molecule has 0 spiro atoms. The Hall–Kier alpha value is -2.07. The maximum Gasteiger partial charge on any atom is 0.151 e. The predicted molar refractivity (Wildman–Crippen MR) is 75.7 cm³/mol. The van der Waals surface area contributed by atoms with E-state index in [1.54, 1.807) is 0 Å². The van der Waals surface area contributed by atoms with Crippen LogP contribution in [0.2, 0.25) is 0 Å². The van der Waals surface area contributed by atoms with Gasteiger partial charge < -0.3 is 0 Å². The molecule has 0 radical (unpaired) electrons. The third-order valence-electron chi connectivity index (χ3n) is 2.96. The van der Waals surface area contributed by atoms with Crippen LogP contribution in [-0.2, 0) is 0 Å². The summed E-state index contributed by atoms with van der Waals surface area (Å²) in [6.07, 6.45) is 4.02. The molecule has 0 saturated carbocycles. The van der Waals surface area contributed by atoms with Gasteiger partial charge in [0.2, 0.25) is 0 Å². The molecule has 2 rings (SSSR count). The van der Waals surface area contributed by atoms with Crippen molar-refractivity contribution in [2.75, 3.05) is 0 Å². The highest BCUT2D eigenvalue weighted by Crippen LogP contribution is 2.20. The lowest BCUT2D eigenvalue weighted by molar-refractivity contribution is 0.112. The first-order chi connectivity index (χ1) is 8.86. The number of hydrogen-bond donors (Lipinski definition) is 0. The lowest BCUT2D eigenvalue weighted by Crippen LogP contribution is -1.89. The average molecular weight is 236 g/mol. The summed E-state index contributed by atoms with van der Waals surface area (Å²) >= 11 is 0. The highest BCUT2D eigenvalue weighted by molar-refractivity contribution is 5.95. The van der Waals surface area contributed by atoms with Crippen LogP contribution in [0.25, 0.3) is 10.8 Å². The zero-order valence-corrected chi connectivity index (χ0v) is 10.6. The molecule has 0 aliphatic carbocycles. The third kappa shape index (κ3) is 2.60. The van der Waals surface area contributed by atoms with Gasteiger partial charge in [-0.2, -0.15) is 0 Å². The smallest absolute Gasteiger partial charge is 0.151 e. The van der Waals surface area contributed by atoms with Crippen LogP contribution in [0.5, 0.6) is 0 Å². The molecule has 0 unspecified atom stereocenters. The van der Waals surface area contributed by atoms with Gasteiger partial charge in [-0.25, -0.2) is 0 Å². The Bertz CT molecular complexity index is 614. The number of hydrogen-bond acceptors (Lipinski definition) is 1. The first kappa shape index (κ1) is 12.4. The second kappa shape index (κ2) is 6.02. The van der Waals surface area contributed by atoms with Crippen LogP contribution in [-0.4, -0.2) is 6.29 Å². The van der Waals surface area contributed by atoms with E-state index in [0.717, 1.165) is 41.9 Å². The molecule has 1 heteroatoms. The van der Waals surface area contributed by atoms with Gasteiger partial charge in [-0.1, -0.05) is 55.5 Å². The largest absolute Gasteiger partial charge is 0.298 e. The molecule has 1 nitrogen and oxygen atoms in total. The van der Waals surface area contributed by atoms with Gasteiger partial charge in [0.15, 0.2) is 6.29 Å². The number of unbranched alkanes of at least 4 members (excludes halogenated alkanes) is 2. The zero-order valence-electron chi connectivity index (χ0n) is 10.6. The Balaban J connectivity index is 2.50. The second-order valence-corrected chi connectivity index (χ2v) is 4.27. The molecule has 0 aliphatic heterocycles. The molecule has 18 heavy (non-hydrogen) atoms. The van der Waals surface area contributed by atoms with E-state index in [4.69, 9.17) is 0 Å². The van der Waals surface area contributed by atoms with Crippen molar-refractivity contribution in [2.45, 2.75) is 26.2 Å². The minimum atomic E-state index is 0.678. The van der Waals surface area contributed by atoms with E-state index in [9.17, 15) is 4.79 Å². The maximum atomic E-state index is 11.1. The van der Waals surface area contributed by atoms with Gasteiger partial charge in [0, 0.05) is 17.5 Å².